The van der Waals surface area contributed by atoms with Gasteiger partial charge >= 0.3 is 0 Å². The predicted molar refractivity (Wildman–Crippen MR) is 79.1 cm³/mol. The summed E-state index contributed by atoms with van der Waals surface area (Å²) in [5.74, 6) is 0.936. The van der Waals surface area contributed by atoms with Gasteiger partial charge in [0.1, 0.15) is 12.4 Å². The minimum Gasteiger partial charge on any atom is -0.489 e. The van der Waals surface area contributed by atoms with Gasteiger partial charge in [-0.05, 0) is 55.7 Å². The topological polar surface area (TPSA) is 9.23 Å². The van der Waals surface area contributed by atoms with Crippen molar-refractivity contribution in [2.24, 2.45) is 0 Å². The number of benzene rings is 2. The summed E-state index contributed by atoms with van der Waals surface area (Å²) in [4.78, 5) is 0. The average molecular weight is 305 g/mol. The summed E-state index contributed by atoms with van der Waals surface area (Å²) >= 11 is 3.53. The zero-order chi connectivity index (χ0) is 13.1. The lowest BCUT2D eigenvalue weighted by molar-refractivity contribution is 0.305. The molecule has 0 fully saturated rings. The standard InChI is InChI=1S/C16H17BrO/c1-11-8-15(9-12(2)13(11)3)18-10-14-6-4-5-7-16(14)17/h4-9H,10H2,1-3H3. The van der Waals surface area contributed by atoms with Crippen LogP contribution in [0.15, 0.2) is 40.9 Å². The molecule has 2 rings (SSSR count). The van der Waals surface area contributed by atoms with E-state index in [1.165, 1.54) is 16.7 Å². The lowest BCUT2D eigenvalue weighted by Crippen LogP contribution is -1.98. The Morgan fingerprint density at radius 2 is 1.61 bits per heavy atom. The van der Waals surface area contributed by atoms with Crippen LogP contribution < -0.4 is 4.74 Å². The maximum atomic E-state index is 5.86. The molecule has 2 aromatic rings. The summed E-state index contributed by atoms with van der Waals surface area (Å²) in [6.07, 6.45) is 0. The lowest BCUT2D eigenvalue weighted by Gasteiger charge is -2.11. The first-order valence-electron chi connectivity index (χ1n) is 6.02. The predicted octanol–water partition coefficient (Wildman–Crippen LogP) is 4.95. The summed E-state index contributed by atoms with van der Waals surface area (Å²) in [6.45, 7) is 6.97. The summed E-state index contributed by atoms with van der Waals surface area (Å²) < 4.78 is 6.95. The fraction of sp³-hybridized carbons (Fsp3) is 0.250. The van der Waals surface area contributed by atoms with Gasteiger partial charge in [-0.25, -0.2) is 0 Å². The second-order valence-corrected chi connectivity index (χ2v) is 5.42. The van der Waals surface area contributed by atoms with Gasteiger partial charge in [-0.2, -0.15) is 0 Å². The van der Waals surface area contributed by atoms with Crippen LogP contribution in [0.4, 0.5) is 0 Å². The molecule has 0 radical (unpaired) electrons. The zero-order valence-electron chi connectivity index (χ0n) is 11.0. The van der Waals surface area contributed by atoms with E-state index in [-0.39, 0.29) is 0 Å². The van der Waals surface area contributed by atoms with Gasteiger partial charge in [0.25, 0.3) is 0 Å². The summed E-state index contributed by atoms with van der Waals surface area (Å²) in [6, 6.07) is 12.3. The molecule has 0 atom stereocenters. The highest BCUT2D eigenvalue weighted by Gasteiger charge is 2.03. The monoisotopic (exact) mass is 304 g/mol. The van der Waals surface area contributed by atoms with Crippen molar-refractivity contribution in [1.29, 1.82) is 0 Å². The van der Waals surface area contributed by atoms with Gasteiger partial charge < -0.3 is 4.74 Å². The van der Waals surface area contributed by atoms with Crippen LogP contribution in [0.5, 0.6) is 5.75 Å². The number of halogens is 1. The molecule has 18 heavy (non-hydrogen) atoms. The number of ether oxygens (including phenoxy) is 1. The van der Waals surface area contributed by atoms with Gasteiger partial charge in [0.15, 0.2) is 0 Å². The van der Waals surface area contributed by atoms with Crippen LogP contribution in [0.2, 0.25) is 0 Å². The molecule has 2 heteroatoms. The molecule has 0 saturated carbocycles. The Balaban J connectivity index is 2.14. The summed E-state index contributed by atoms with van der Waals surface area (Å²) in [5.41, 5.74) is 5.05. The molecule has 1 nitrogen and oxygen atoms in total. The Morgan fingerprint density at radius 3 is 2.22 bits per heavy atom. The van der Waals surface area contributed by atoms with Gasteiger partial charge in [-0.1, -0.05) is 34.1 Å². The highest BCUT2D eigenvalue weighted by atomic mass is 79.9. The van der Waals surface area contributed by atoms with Crippen LogP contribution in [0.1, 0.15) is 22.3 Å². The molecule has 0 N–H and O–H groups in total. The van der Waals surface area contributed by atoms with Crippen molar-refractivity contribution in [3.05, 3.63) is 63.1 Å². The van der Waals surface area contributed by atoms with E-state index in [0.717, 1.165) is 15.8 Å². The molecule has 94 valence electrons. The second kappa shape index (κ2) is 5.57. The second-order valence-electron chi connectivity index (χ2n) is 4.56. The van der Waals surface area contributed by atoms with Crippen molar-refractivity contribution in [1.82, 2.24) is 0 Å². The van der Waals surface area contributed by atoms with E-state index in [1.807, 2.05) is 18.2 Å². The van der Waals surface area contributed by atoms with Gasteiger partial charge in [0.2, 0.25) is 0 Å². The van der Waals surface area contributed by atoms with E-state index >= 15 is 0 Å². The third-order valence-corrected chi connectivity index (χ3v) is 4.03. The Bertz CT molecular complexity index is 538. The van der Waals surface area contributed by atoms with Gasteiger partial charge in [-0.15, -0.1) is 0 Å². The normalized spacial score (nSPS) is 10.4. The number of hydrogen-bond acceptors (Lipinski definition) is 1. The van der Waals surface area contributed by atoms with Gasteiger partial charge in [0, 0.05) is 10.0 Å². The smallest absolute Gasteiger partial charge is 0.120 e. The van der Waals surface area contributed by atoms with E-state index in [2.05, 4.69) is 54.9 Å². The van der Waals surface area contributed by atoms with Crippen LogP contribution in [0.3, 0.4) is 0 Å². The molecule has 0 bridgehead atoms. The maximum Gasteiger partial charge on any atom is 0.120 e. The van der Waals surface area contributed by atoms with E-state index in [9.17, 15) is 0 Å². The third-order valence-electron chi connectivity index (χ3n) is 3.25. The highest BCUT2D eigenvalue weighted by Crippen LogP contribution is 2.23. The van der Waals surface area contributed by atoms with Crippen LogP contribution >= 0.6 is 15.9 Å². The Kier molecular flexibility index (Phi) is 4.07. The number of hydrogen-bond donors (Lipinski definition) is 0. The minimum absolute atomic E-state index is 0.587. The van der Waals surface area contributed by atoms with Crippen LogP contribution in [0, 0.1) is 20.8 Å². The van der Waals surface area contributed by atoms with Gasteiger partial charge in [0.05, 0.1) is 0 Å². The molecule has 0 aliphatic carbocycles. The molecule has 0 aliphatic heterocycles. The molecular weight excluding hydrogens is 288 g/mol. The number of rotatable bonds is 3. The SMILES string of the molecule is Cc1cc(OCc2ccccc2Br)cc(C)c1C. The number of aryl methyl sites for hydroxylation is 2. The quantitative estimate of drug-likeness (QED) is 0.779. The lowest BCUT2D eigenvalue weighted by atomic mass is 10.0. The fourth-order valence-electron chi connectivity index (χ4n) is 1.86. The van der Waals surface area contributed by atoms with Crippen molar-refractivity contribution in [2.75, 3.05) is 0 Å². The molecule has 2 aromatic carbocycles. The minimum atomic E-state index is 0.587. The van der Waals surface area contributed by atoms with Crippen LogP contribution in [-0.2, 0) is 6.61 Å². The molecular formula is C16H17BrO. The molecule has 0 spiro atoms. The molecule has 0 amide bonds. The first-order chi connectivity index (χ1) is 8.58. The van der Waals surface area contributed by atoms with Crippen LogP contribution in [-0.4, -0.2) is 0 Å². The highest BCUT2D eigenvalue weighted by molar-refractivity contribution is 9.10. The third kappa shape index (κ3) is 2.94. The van der Waals surface area contributed by atoms with Crippen molar-refractivity contribution in [3.63, 3.8) is 0 Å². The molecule has 0 aliphatic rings. The Hall–Kier alpha value is -1.28. The molecule has 0 heterocycles. The van der Waals surface area contributed by atoms with E-state index in [4.69, 9.17) is 4.74 Å². The molecule has 0 saturated heterocycles. The molecule has 0 aromatic heterocycles. The molecule has 0 unspecified atom stereocenters. The average Bonchev–Trinajstić information content (AvgIpc) is 2.35. The van der Waals surface area contributed by atoms with Crippen molar-refractivity contribution in [3.8, 4) is 5.75 Å². The summed E-state index contributed by atoms with van der Waals surface area (Å²) in [7, 11) is 0. The van der Waals surface area contributed by atoms with E-state index < -0.39 is 0 Å². The van der Waals surface area contributed by atoms with E-state index in [0.29, 0.717) is 6.61 Å². The van der Waals surface area contributed by atoms with Crippen molar-refractivity contribution >= 4 is 15.9 Å². The van der Waals surface area contributed by atoms with Crippen molar-refractivity contribution in [2.45, 2.75) is 27.4 Å². The van der Waals surface area contributed by atoms with E-state index in [1.54, 1.807) is 0 Å². The zero-order valence-corrected chi connectivity index (χ0v) is 12.5. The maximum absolute atomic E-state index is 5.86. The van der Waals surface area contributed by atoms with Gasteiger partial charge in [-0.3, -0.25) is 0 Å². The first-order valence-corrected chi connectivity index (χ1v) is 6.81. The fourth-order valence-corrected chi connectivity index (χ4v) is 2.26. The first kappa shape index (κ1) is 13.2. The van der Waals surface area contributed by atoms with Crippen LogP contribution in [0.25, 0.3) is 0 Å². The largest absolute Gasteiger partial charge is 0.489 e. The summed E-state index contributed by atoms with van der Waals surface area (Å²) in [5, 5.41) is 0. The Labute approximate surface area is 117 Å². The van der Waals surface area contributed by atoms with Crippen molar-refractivity contribution < 1.29 is 4.74 Å². The Morgan fingerprint density at radius 1 is 1.00 bits per heavy atom.